The minimum absolute atomic E-state index is 0.0341. The summed E-state index contributed by atoms with van der Waals surface area (Å²) in [7, 11) is 0. The molecule has 132 valence electrons. The number of fused-ring (bicyclic) bond motifs is 1. The van der Waals surface area contributed by atoms with Crippen molar-refractivity contribution in [1.29, 1.82) is 0 Å². The molecule has 1 amide bonds. The van der Waals surface area contributed by atoms with Crippen molar-refractivity contribution >= 4 is 5.91 Å². The molecule has 0 aromatic carbocycles. The zero-order valence-corrected chi connectivity index (χ0v) is 14.3. The topological polar surface area (TPSA) is 84.0 Å². The Morgan fingerprint density at radius 1 is 1.32 bits per heavy atom. The number of aromatic nitrogens is 4. The van der Waals surface area contributed by atoms with Crippen LogP contribution in [-0.4, -0.2) is 56.8 Å². The molecule has 3 heterocycles. The van der Waals surface area contributed by atoms with E-state index in [1.54, 1.807) is 18.6 Å². The zero-order chi connectivity index (χ0) is 17.1. The molecule has 7 nitrogen and oxygen atoms in total. The average molecular weight is 341 g/mol. The third kappa shape index (κ3) is 3.42. The van der Waals surface area contributed by atoms with Gasteiger partial charge in [0.1, 0.15) is 0 Å². The van der Waals surface area contributed by atoms with Crippen molar-refractivity contribution in [2.45, 2.75) is 44.6 Å². The van der Waals surface area contributed by atoms with Gasteiger partial charge < -0.3 is 9.64 Å². The fourth-order valence-electron chi connectivity index (χ4n) is 3.73. The number of aromatic amines is 1. The van der Waals surface area contributed by atoms with Crippen molar-refractivity contribution < 1.29 is 9.53 Å². The van der Waals surface area contributed by atoms with E-state index >= 15 is 0 Å². The van der Waals surface area contributed by atoms with E-state index in [9.17, 15) is 4.79 Å². The van der Waals surface area contributed by atoms with E-state index in [1.807, 2.05) is 4.90 Å². The van der Waals surface area contributed by atoms with E-state index in [0.29, 0.717) is 25.5 Å². The number of nitrogens with zero attached hydrogens (tertiary/aromatic N) is 4. The van der Waals surface area contributed by atoms with Gasteiger partial charge in [0.25, 0.3) is 5.91 Å². The molecule has 25 heavy (non-hydrogen) atoms. The molecule has 0 unspecified atom stereocenters. The monoisotopic (exact) mass is 341 g/mol. The van der Waals surface area contributed by atoms with E-state index in [2.05, 4.69) is 20.2 Å². The number of aryl methyl sites for hydroxylation is 2. The number of morpholine rings is 1. The fourth-order valence-corrected chi connectivity index (χ4v) is 3.73. The fraction of sp³-hybridized carbons (Fsp3) is 0.556. The molecule has 2 aliphatic rings. The number of hydrogen-bond acceptors (Lipinski definition) is 5. The second kappa shape index (κ2) is 7.31. The van der Waals surface area contributed by atoms with Crippen LogP contribution in [0.1, 0.15) is 46.7 Å². The smallest absolute Gasteiger partial charge is 0.275 e. The van der Waals surface area contributed by atoms with E-state index < -0.39 is 0 Å². The van der Waals surface area contributed by atoms with Gasteiger partial charge >= 0.3 is 0 Å². The van der Waals surface area contributed by atoms with Crippen LogP contribution in [0.5, 0.6) is 0 Å². The number of carbonyl (C=O) groups is 1. The van der Waals surface area contributed by atoms with Crippen LogP contribution in [0.2, 0.25) is 0 Å². The van der Waals surface area contributed by atoms with Crippen molar-refractivity contribution in [2.75, 3.05) is 19.8 Å². The summed E-state index contributed by atoms with van der Waals surface area (Å²) in [4.78, 5) is 23.5. The maximum absolute atomic E-state index is 13.1. The molecule has 1 aliphatic heterocycles. The van der Waals surface area contributed by atoms with Gasteiger partial charge in [-0.2, -0.15) is 5.10 Å². The Morgan fingerprint density at radius 2 is 2.24 bits per heavy atom. The Balaban J connectivity index is 1.48. The van der Waals surface area contributed by atoms with Crippen molar-refractivity contribution in [1.82, 2.24) is 25.1 Å². The van der Waals surface area contributed by atoms with Gasteiger partial charge in [0.15, 0.2) is 5.69 Å². The quantitative estimate of drug-likeness (QED) is 0.912. The Labute approximate surface area is 146 Å². The Kier molecular flexibility index (Phi) is 4.74. The highest BCUT2D eigenvalue weighted by Crippen LogP contribution is 2.24. The number of nitrogens with one attached hydrogen (secondary N) is 1. The minimum atomic E-state index is 0.0341. The SMILES string of the molecule is O=C(c1n[nH]c2c1CCCC2)N1CCOC[C@@H]1CCc1cnccn1. The largest absolute Gasteiger partial charge is 0.377 e. The zero-order valence-electron chi connectivity index (χ0n) is 14.3. The molecule has 2 aromatic heterocycles. The van der Waals surface area contributed by atoms with Gasteiger partial charge in [-0.3, -0.25) is 19.9 Å². The first kappa shape index (κ1) is 16.2. The summed E-state index contributed by atoms with van der Waals surface area (Å²) in [6.45, 7) is 1.77. The first-order valence-electron chi connectivity index (χ1n) is 9.02. The Bertz CT molecular complexity index is 730. The maximum atomic E-state index is 13.1. The number of hydrogen-bond donors (Lipinski definition) is 1. The highest BCUT2D eigenvalue weighted by Gasteiger charge is 2.32. The molecule has 1 atom stereocenters. The molecule has 2 aromatic rings. The first-order valence-corrected chi connectivity index (χ1v) is 9.02. The van der Waals surface area contributed by atoms with Crippen LogP contribution in [0.4, 0.5) is 0 Å². The lowest BCUT2D eigenvalue weighted by Crippen LogP contribution is -2.49. The highest BCUT2D eigenvalue weighted by atomic mass is 16.5. The molecule has 1 N–H and O–H groups in total. The van der Waals surface area contributed by atoms with Crippen LogP contribution in [-0.2, 0) is 24.0 Å². The van der Waals surface area contributed by atoms with Gasteiger partial charge in [0, 0.05) is 36.4 Å². The standard InChI is InChI=1S/C18H23N5O2/c24-18(17-15-3-1-2-4-16(15)21-22-17)23-9-10-25-12-14(23)6-5-13-11-19-7-8-20-13/h7-8,11,14H,1-6,9-10,12H2,(H,21,22)/t14-/m0/s1. The van der Waals surface area contributed by atoms with Crippen LogP contribution in [0.3, 0.4) is 0 Å². The summed E-state index contributed by atoms with van der Waals surface area (Å²) in [6, 6.07) is 0.0548. The number of amides is 1. The second-order valence-electron chi connectivity index (χ2n) is 6.70. The van der Waals surface area contributed by atoms with Crippen molar-refractivity contribution in [3.63, 3.8) is 0 Å². The number of rotatable bonds is 4. The van der Waals surface area contributed by atoms with Crippen LogP contribution in [0.15, 0.2) is 18.6 Å². The van der Waals surface area contributed by atoms with Gasteiger partial charge in [-0.25, -0.2) is 0 Å². The predicted octanol–water partition coefficient (Wildman–Crippen LogP) is 1.55. The molecule has 0 radical (unpaired) electrons. The van der Waals surface area contributed by atoms with E-state index in [4.69, 9.17) is 4.74 Å². The third-order valence-electron chi connectivity index (χ3n) is 5.10. The molecular formula is C18H23N5O2. The number of H-pyrrole nitrogens is 1. The molecule has 1 aliphatic carbocycles. The summed E-state index contributed by atoms with van der Waals surface area (Å²) in [5.41, 5.74) is 3.81. The van der Waals surface area contributed by atoms with Crippen LogP contribution >= 0.6 is 0 Å². The average Bonchev–Trinajstić information content (AvgIpc) is 3.11. The molecular weight excluding hydrogens is 318 g/mol. The van der Waals surface area contributed by atoms with E-state index in [1.165, 1.54) is 6.42 Å². The molecule has 1 saturated heterocycles. The van der Waals surface area contributed by atoms with E-state index in [-0.39, 0.29) is 11.9 Å². The third-order valence-corrected chi connectivity index (χ3v) is 5.10. The minimum Gasteiger partial charge on any atom is -0.377 e. The van der Waals surface area contributed by atoms with Crippen molar-refractivity contribution in [3.8, 4) is 0 Å². The summed E-state index contributed by atoms with van der Waals surface area (Å²) in [5.74, 6) is 0.0341. The summed E-state index contributed by atoms with van der Waals surface area (Å²) < 4.78 is 5.62. The molecule has 0 saturated carbocycles. The van der Waals surface area contributed by atoms with Gasteiger partial charge in [0.2, 0.25) is 0 Å². The van der Waals surface area contributed by atoms with Gasteiger partial charge in [-0.1, -0.05) is 0 Å². The predicted molar refractivity (Wildman–Crippen MR) is 91.2 cm³/mol. The van der Waals surface area contributed by atoms with Gasteiger partial charge in [-0.05, 0) is 38.5 Å². The molecule has 0 spiro atoms. The lowest BCUT2D eigenvalue weighted by atomic mass is 9.95. The lowest BCUT2D eigenvalue weighted by molar-refractivity contribution is -0.00450. The summed E-state index contributed by atoms with van der Waals surface area (Å²) in [6.07, 6.45) is 11.0. The summed E-state index contributed by atoms with van der Waals surface area (Å²) in [5, 5.41) is 7.42. The second-order valence-corrected chi connectivity index (χ2v) is 6.70. The normalized spacial score (nSPS) is 20.3. The lowest BCUT2D eigenvalue weighted by Gasteiger charge is -2.35. The number of ether oxygens (including phenoxy) is 1. The summed E-state index contributed by atoms with van der Waals surface area (Å²) >= 11 is 0. The van der Waals surface area contributed by atoms with Crippen molar-refractivity contribution in [2.24, 2.45) is 0 Å². The van der Waals surface area contributed by atoms with E-state index in [0.717, 1.165) is 49.1 Å². The molecule has 7 heteroatoms. The van der Waals surface area contributed by atoms with Gasteiger partial charge in [-0.15, -0.1) is 0 Å². The van der Waals surface area contributed by atoms with Crippen LogP contribution in [0, 0.1) is 0 Å². The van der Waals surface area contributed by atoms with Crippen LogP contribution < -0.4 is 0 Å². The number of carbonyl (C=O) groups excluding carboxylic acids is 1. The van der Waals surface area contributed by atoms with Crippen molar-refractivity contribution in [3.05, 3.63) is 41.2 Å². The Hall–Kier alpha value is -2.28. The molecule has 4 rings (SSSR count). The van der Waals surface area contributed by atoms with Gasteiger partial charge in [0.05, 0.1) is 24.9 Å². The Morgan fingerprint density at radius 3 is 3.12 bits per heavy atom. The first-order chi connectivity index (χ1) is 12.3. The maximum Gasteiger partial charge on any atom is 0.275 e. The molecule has 0 bridgehead atoms. The van der Waals surface area contributed by atoms with Crippen LogP contribution in [0.25, 0.3) is 0 Å². The highest BCUT2D eigenvalue weighted by molar-refractivity contribution is 5.94. The molecule has 1 fully saturated rings.